The standard InChI is InChI=1S/C30H33ClFN5O2S/c1-4-19-16-20(17-21-18-33-30(35-29(19)21)34-22-10-12-23(13-11-22)37(2)3)25-14-15-26(28(32)27(25)31)36-40(38,39)24-8-6-5-7-9-24/h5-9,14-18,22-23,36H,4,10-13H2,1-3H3,(H,33,34,35). The largest absolute Gasteiger partial charge is 0.351 e. The van der Waals surface area contributed by atoms with Gasteiger partial charge in [0.1, 0.15) is 0 Å². The summed E-state index contributed by atoms with van der Waals surface area (Å²) in [6.07, 6.45) is 6.93. The van der Waals surface area contributed by atoms with E-state index in [9.17, 15) is 8.42 Å². The molecule has 1 aliphatic carbocycles. The highest BCUT2D eigenvalue weighted by molar-refractivity contribution is 7.92. The molecule has 0 amide bonds. The van der Waals surface area contributed by atoms with Gasteiger partial charge < -0.3 is 10.2 Å². The zero-order valence-corrected chi connectivity index (χ0v) is 24.4. The van der Waals surface area contributed by atoms with E-state index in [-0.39, 0.29) is 15.6 Å². The van der Waals surface area contributed by atoms with Crippen LogP contribution in [0.5, 0.6) is 0 Å². The second-order valence-electron chi connectivity index (χ2n) is 10.4. The Bertz CT molecular complexity index is 1620. The Morgan fingerprint density at radius 3 is 2.45 bits per heavy atom. The van der Waals surface area contributed by atoms with Gasteiger partial charge in [-0.1, -0.05) is 42.8 Å². The minimum absolute atomic E-state index is 0.0341. The van der Waals surface area contributed by atoms with E-state index in [2.05, 4.69) is 34.0 Å². The topological polar surface area (TPSA) is 87.2 Å². The molecule has 40 heavy (non-hydrogen) atoms. The van der Waals surface area contributed by atoms with Gasteiger partial charge in [-0.3, -0.25) is 4.72 Å². The molecule has 10 heteroatoms. The van der Waals surface area contributed by atoms with Crippen molar-refractivity contribution >= 4 is 44.2 Å². The van der Waals surface area contributed by atoms with Crippen LogP contribution in [0.4, 0.5) is 16.0 Å². The molecule has 1 aromatic heterocycles. The van der Waals surface area contributed by atoms with Crippen molar-refractivity contribution in [3.8, 4) is 11.1 Å². The highest BCUT2D eigenvalue weighted by Gasteiger charge is 2.23. The predicted molar refractivity (Wildman–Crippen MR) is 160 cm³/mol. The lowest BCUT2D eigenvalue weighted by molar-refractivity contribution is 0.221. The molecule has 3 aromatic carbocycles. The second-order valence-corrected chi connectivity index (χ2v) is 12.5. The van der Waals surface area contributed by atoms with Crippen LogP contribution >= 0.6 is 11.6 Å². The first-order valence-corrected chi connectivity index (χ1v) is 15.3. The molecule has 1 heterocycles. The number of aryl methyl sites for hydroxylation is 1. The van der Waals surface area contributed by atoms with Gasteiger partial charge in [0, 0.05) is 29.2 Å². The van der Waals surface area contributed by atoms with Gasteiger partial charge in [-0.2, -0.15) is 0 Å². The Hall–Kier alpha value is -3.27. The van der Waals surface area contributed by atoms with Crippen LogP contribution in [0.2, 0.25) is 5.02 Å². The van der Waals surface area contributed by atoms with Gasteiger partial charge in [-0.05, 0) is 87.7 Å². The maximum absolute atomic E-state index is 15.3. The van der Waals surface area contributed by atoms with Gasteiger partial charge in [0.15, 0.2) is 5.82 Å². The Morgan fingerprint density at radius 2 is 1.77 bits per heavy atom. The van der Waals surface area contributed by atoms with Crippen LogP contribution in [0.15, 0.2) is 65.7 Å². The van der Waals surface area contributed by atoms with E-state index in [1.165, 1.54) is 18.2 Å². The minimum Gasteiger partial charge on any atom is -0.351 e. The SMILES string of the molecule is CCc1cc(-c2ccc(NS(=O)(=O)c3ccccc3)c(F)c2Cl)cc2cnc(NC3CCC(N(C)C)CC3)nc12. The van der Waals surface area contributed by atoms with Crippen LogP contribution in [0.3, 0.4) is 0 Å². The molecule has 1 fully saturated rings. The molecule has 1 saturated carbocycles. The fourth-order valence-electron chi connectivity index (χ4n) is 5.29. The van der Waals surface area contributed by atoms with Gasteiger partial charge in [0.2, 0.25) is 5.95 Å². The Balaban J connectivity index is 1.40. The van der Waals surface area contributed by atoms with Gasteiger partial charge in [0.05, 0.1) is 21.1 Å². The molecule has 7 nitrogen and oxygen atoms in total. The summed E-state index contributed by atoms with van der Waals surface area (Å²) in [5.74, 6) is -0.223. The van der Waals surface area contributed by atoms with Crippen LogP contribution in [0, 0.1) is 5.82 Å². The van der Waals surface area contributed by atoms with Crippen LogP contribution in [-0.2, 0) is 16.4 Å². The summed E-state index contributed by atoms with van der Waals surface area (Å²) in [5.41, 5.74) is 2.78. The summed E-state index contributed by atoms with van der Waals surface area (Å²) in [7, 11) is 0.303. The van der Waals surface area contributed by atoms with Crippen molar-refractivity contribution in [1.82, 2.24) is 14.9 Å². The van der Waals surface area contributed by atoms with E-state index in [0.29, 0.717) is 35.6 Å². The summed E-state index contributed by atoms with van der Waals surface area (Å²) in [5, 5.41) is 4.17. The third-order valence-electron chi connectivity index (χ3n) is 7.59. The molecule has 0 unspecified atom stereocenters. The van der Waals surface area contributed by atoms with Crippen molar-refractivity contribution in [3.63, 3.8) is 0 Å². The molecule has 0 bridgehead atoms. The molecule has 0 saturated heterocycles. The molecule has 0 spiro atoms. The van der Waals surface area contributed by atoms with E-state index in [1.54, 1.807) is 30.5 Å². The summed E-state index contributed by atoms with van der Waals surface area (Å²) < 4.78 is 43.1. The summed E-state index contributed by atoms with van der Waals surface area (Å²) in [6.45, 7) is 2.04. The Kier molecular flexibility index (Phi) is 8.26. The molecule has 0 aliphatic heterocycles. The van der Waals surface area contributed by atoms with Crippen LogP contribution < -0.4 is 10.0 Å². The number of hydrogen-bond acceptors (Lipinski definition) is 6. The fraction of sp³-hybridized carbons (Fsp3) is 0.333. The first-order valence-electron chi connectivity index (χ1n) is 13.4. The van der Waals surface area contributed by atoms with Crippen molar-refractivity contribution in [3.05, 3.63) is 77.2 Å². The zero-order valence-electron chi connectivity index (χ0n) is 22.8. The predicted octanol–water partition coefficient (Wildman–Crippen LogP) is 6.74. The van der Waals surface area contributed by atoms with Crippen molar-refractivity contribution in [2.24, 2.45) is 0 Å². The van der Waals surface area contributed by atoms with Crippen LogP contribution in [0.1, 0.15) is 38.2 Å². The lowest BCUT2D eigenvalue weighted by Crippen LogP contribution is -2.36. The lowest BCUT2D eigenvalue weighted by atomic mass is 9.90. The molecule has 1 aliphatic rings. The minimum atomic E-state index is -3.96. The van der Waals surface area contributed by atoms with Gasteiger partial charge >= 0.3 is 0 Å². The molecule has 5 rings (SSSR count). The highest BCUT2D eigenvalue weighted by Crippen LogP contribution is 2.37. The quantitative estimate of drug-likeness (QED) is 0.240. The monoisotopic (exact) mass is 581 g/mol. The van der Waals surface area contributed by atoms with Crippen molar-refractivity contribution < 1.29 is 12.8 Å². The first kappa shape index (κ1) is 28.3. The van der Waals surface area contributed by atoms with Gasteiger partial charge in [-0.15, -0.1) is 0 Å². The van der Waals surface area contributed by atoms with E-state index in [1.807, 2.05) is 19.1 Å². The Labute approximate surface area is 239 Å². The second kappa shape index (κ2) is 11.7. The number of hydrogen-bond donors (Lipinski definition) is 2. The van der Waals surface area contributed by atoms with Crippen LogP contribution in [0.25, 0.3) is 22.0 Å². The molecular formula is C30H33ClFN5O2S. The summed E-state index contributed by atoms with van der Waals surface area (Å²) >= 11 is 6.46. The van der Waals surface area contributed by atoms with Crippen LogP contribution in [-0.4, -0.2) is 49.5 Å². The van der Waals surface area contributed by atoms with E-state index < -0.39 is 15.8 Å². The first-order chi connectivity index (χ1) is 19.2. The average molecular weight is 582 g/mol. The van der Waals surface area contributed by atoms with E-state index >= 15 is 4.39 Å². The number of halogens is 2. The smallest absolute Gasteiger partial charge is 0.261 e. The number of benzene rings is 3. The maximum Gasteiger partial charge on any atom is 0.261 e. The Morgan fingerprint density at radius 1 is 1.05 bits per heavy atom. The molecular weight excluding hydrogens is 549 g/mol. The molecule has 2 N–H and O–H groups in total. The molecule has 0 atom stereocenters. The van der Waals surface area contributed by atoms with Crippen molar-refractivity contribution in [2.75, 3.05) is 24.1 Å². The number of nitrogens with one attached hydrogen (secondary N) is 2. The van der Waals surface area contributed by atoms with Gasteiger partial charge in [0.25, 0.3) is 10.0 Å². The normalized spacial score (nSPS) is 17.8. The average Bonchev–Trinajstić information content (AvgIpc) is 2.96. The number of aromatic nitrogens is 2. The summed E-state index contributed by atoms with van der Waals surface area (Å²) in [6, 6.07) is 15.6. The number of fused-ring (bicyclic) bond motifs is 1. The number of anilines is 2. The number of rotatable bonds is 8. The molecule has 0 radical (unpaired) electrons. The van der Waals surface area contributed by atoms with E-state index in [4.69, 9.17) is 16.6 Å². The fourth-order valence-corrected chi connectivity index (χ4v) is 6.64. The third kappa shape index (κ3) is 5.92. The maximum atomic E-state index is 15.3. The van der Waals surface area contributed by atoms with E-state index in [0.717, 1.165) is 42.1 Å². The lowest BCUT2D eigenvalue weighted by Gasteiger charge is -2.33. The molecule has 210 valence electrons. The van der Waals surface area contributed by atoms with Crippen molar-refractivity contribution in [2.45, 2.75) is 56.0 Å². The molecule has 4 aromatic rings. The number of sulfonamides is 1. The third-order valence-corrected chi connectivity index (χ3v) is 9.35. The number of nitrogens with zero attached hydrogens (tertiary/aromatic N) is 3. The van der Waals surface area contributed by atoms with Crippen molar-refractivity contribution in [1.29, 1.82) is 0 Å². The zero-order chi connectivity index (χ0) is 28.4. The highest BCUT2D eigenvalue weighted by atomic mass is 35.5. The van der Waals surface area contributed by atoms with Gasteiger partial charge in [-0.25, -0.2) is 22.8 Å². The summed E-state index contributed by atoms with van der Waals surface area (Å²) in [4.78, 5) is 11.7.